The summed E-state index contributed by atoms with van der Waals surface area (Å²) in [4.78, 5) is 12.0. The molecule has 3 rings (SSSR count). The van der Waals surface area contributed by atoms with Crippen LogP contribution in [0.25, 0.3) is 5.69 Å². The zero-order valence-electron chi connectivity index (χ0n) is 12.6. The zero-order valence-corrected chi connectivity index (χ0v) is 14.2. The summed E-state index contributed by atoms with van der Waals surface area (Å²) in [6.07, 6.45) is 1.51. The molecule has 1 amide bonds. The van der Waals surface area contributed by atoms with E-state index >= 15 is 0 Å². The molecule has 122 valence electrons. The normalized spacial score (nSPS) is 10.5. The maximum atomic E-state index is 12.0. The third-order valence-corrected chi connectivity index (χ3v) is 4.44. The van der Waals surface area contributed by atoms with Gasteiger partial charge in [0.2, 0.25) is 5.91 Å². The molecule has 0 radical (unpaired) electrons. The van der Waals surface area contributed by atoms with Crippen molar-refractivity contribution in [3.8, 4) is 5.69 Å². The van der Waals surface area contributed by atoms with Gasteiger partial charge in [-0.2, -0.15) is 0 Å². The van der Waals surface area contributed by atoms with E-state index in [9.17, 15) is 4.79 Å². The van der Waals surface area contributed by atoms with Crippen molar-refractivity contribution in [3.63, 3.8) is 0 Å². The molecular weight excluding hydrogens is 346 g/mol. The minimum absolute atomic E-state index is 0.0378. The third-order valence-electron chi connectivity index (χ3n) is 3.18. The first-order chi connectivity index (χ1) is 11.7. The Labute approximate surface area is 148 Å². The van der Waals surface area contributed by atoms with Crippen molar-refractivity contribution in [3.05, 3.63) is 65.4 Å². The van der Waals surface area contributed by atoms with Gasteiger partial charge in [0.1, 0.15) is 6.33 Å². The van der Waals surface area contributed by atoms with Crippen LogP contribution in [0.1, 0.15) is 5.56 Å². The standard InChI is InChI=1S/C16H14ClN5OS/c17-13-3-1-12(2-4-13)9-24-10-16(23)19-14-5-7-15(8-6-14)22-11-18-20-21-22/h1-8,11H,9-10H2,(H,19,23). The molecule has 0 aliphatic carbocycles. The second-order valence-corrected chi connectivity index (χ2v) is 6.39. The maximum Gasteiger partial charge on any atom is 0.234 e. The number of thioether (sulfide) groups is 1. The number of nitrogens with one attached hydrogen (secondary N) is 1. The Bertz CT molecular complexity index is 790. The number of amides is 1. The van der Waals surface area contributed by atoms with Crippen LogP contribution >= 0.6 is 23.4 Å². The Morgan fingerprint density at radius 2 is 1.88 bits per heavy atom. The maximum absolute atomic E-state index is 12.0. The first kappa shape index (κ1) is 16.5. The summed E-state index contributed by atoms with van der Waals surface area (Å²) in [5, 5.41) is 14.6. The molecule has 24 heavy (non-hydrogen) atoms. The zero-order chi connectivity index (χ0) is 16.8. The van der Waals surface area contributed by atoms with Gasteiger partial charge in [-0.15, -0.1) is 16.9 Å². The molecule has 6 nitrogen and oxygen atoms in total. The first-order valence-corrected chi connectivity index (χ1v) is 8.69. The van der Waals surface area contributed by atoms with Crippen LogP contribution < -0.4 is 5.32 Å². The number of carbonyl (C=O) groups is 1. The van der Waals surface area contributed by atoms with E-state index < -0.39 is 0 Å². The molecular formula is C16H14ClN5OS. The van der Waals surface area contributed by atoms with Gasteiger partial charge >= 0.3 is 0 Å². The highest BCUT2D eigenvalue weighted by atomic mass is 35.5. The Balaban J connectivity index is 1.47. The van der Waals surface area contributed by atoms with Crippen LogP contribution in [0, 0.1) is 0 Å². The van der Waals surface area contributed by atoms with E-state index in [0.717, 1.165) is 22.7 Å². The van der Waals surface area contributed by atoms with Gasteiger partial charge in [0.15, 0.2) is 0 Å². The highest BCUT2D eigenvalue weighted by molar-refractivity contribution is 7.99. The molecule has 1 N–H and O–H groups in total. The molecule has 0 saturated carbocycles. The van der Waals surface area contributed by atoms with Crippen molar-refractivity contribution in [2.45, 2.75) is 5.75 Å². The van der Waals surface area contributed by atoms with Crippen LogP contribution in [0.5, 0.6) is 0 Å². The second kappa shape index (κ2) is 7.94. The lowest BCUT2D eigenvalue weighted by Crippen LogP contribution is -2.14. The van der Waals surface area contributed by atoms with Crippen molar-refractivity contribution in [1.29, 1.82) is 0 Å². The number of aromatic nitrogens is 4. The lowest BCUT2D eigenvalue weighted by molar-refractivity contribution is -0.113. The van der Waals surface area contributed by atoms with E-state index in [1.807, 2.05) is 48.5 Å². The van der Waals surface area contributed by atoms with Gasteiger partial charge in [-0.3, -0.25) is 4.79 Å². The smallest absolute Gasteiger partial charge is 0.234 e. The van der Waals surface area contributed by atoms with Crippen LogP contribution in [0.2, 0.25) is 5.02 Å². The number of nitrogens with zero attached hydrogens (tertiary/aromatic N) is 4. The highest BCUT2D eigenvalue weighted by Crippen LogP contribution is 2.16. The third kappa shape index (κ3) is 4.56. The summed E-state index contributed by atoms with van der Waals surface area (Å²) in [5.41, 5.74) is 2.71. The van der Waals surface area contributed by atoms with E-state index in [2.05, 4.69) is 20.8 Å². The lowest BCUT2D eigenvalue weighted by atomic mass is 10.2. The quantitative estimate of drug-likeness (QED) is 0.731. The Hall–Kier alpha value is -2.38. The molecule has 3 aromatic rings. The molecule has 0 spiro atoms. The van der Waals surface area contributed by atoms with Gasteiger partial charge < -0.3 is 5.32 Å². The van der Waals surface area contributed by atoms with Gasteiger partial charge in [0.05, 0.1) is 11.4 Å². The molecule has 0 aliphatic rings. The van der Waals surface area contributed by atoms with Gasteiger partial charge in [-0.25, -0.2) is 4.68 Å². The Morgan fingerprint density at radius 1 is 1.12 bits per heavy atom. The summed E-state index contributed by atoms with van der Waals surface area (Å²) in [6.45, 7) is 0. The topological polar surface area (TPSA) is 72.7 Å². The number of benzene rings is 2. The van der Waals surface area contributed by atoms with Crippen molar-refractivity contribution in [2.75, 3.05) is 11.1 Å². The molecule has 0 saturated heterocycles. The Kier molecular flexibility index (Phi) is 5.45. The van der Waals surface area contributed by atoms with Crippen LogP contribution in [0.3, 0.4) is 0 Å². The van der Waals surface area contributed by atoms with Gasteiger partial charge in [0.25, 0.3) is 0 Å². The Morgan fingerprint density at radius 3 is 2.54 bits per heavy atom. The SMILES string of the molecule is O=C(CSCc1ccc(Cl)cc1)Nc1ccc(-n2cnnn2)cc1. The minimum Gasteiger partial charge on any atom is -0.325 e. The molecule has 2 aromatic carbocycles. The number of hydrogen-bond acceptors (Lipinski definition) is 5. The van der Waals surface area contributed by atoms with Gasteiger partial charge in [-0.1, -0.05) is 23.7 Å². The molecule has 1 heterocycles. The summed E-state index contributed by atoms with van der Waals surface area (Å²) >= 11 is 7.40. The minimum atomic E-state index is -0.0378. The van der Waals surface area contributed by atoms with Gasteiger partial charge in [-0.05, 0) is 52.4 Å². The molecule has 8 heteroatoms. The van der Waals surface area contributed by atoms with Gasteiger partial charge in [0, 0.05) is 16.5 Å². The summed E-state index contributed by atoms with van der Waals surface area (Å²) in [5.74, 6) is 1.12. The van der Waals surface area contributed by atoms with Crippen molar-refractivity contribution < 1.29 is 4.79 Å². The number of tetrazole rings is 1. The number of hydrogen-bond donors (Lipinski definition) is 1. The van der Waals surface area contributed by atoms with Crippen molar-refractivity contribution >= 4 is 35.0 Å². The average Bonchev–Trinajstić information content (AvgIpc) is 3.12. The summed E-state index contributed by atoms with van der Waals surface area (Å²) < 4.78 is 1.55. The number of carbonyl (C=O) groups excluding carboxylic acids is 1. The molecule has 0 aliphatic heterocycles. The van der Waals surface area contributed by atoms with E-state index in [4.69, 9.17) is 11.6 Å². The molecule has 0 bridgehead atoms. The summed E-state index contributed by atoms with van der Waals surface area (Å²) in [6, 6.07) is 14.9. The largest absolute Gasteiger partial charge is 0.325 e. The van der Waals surface area contributed by atoms with Crippen LogP contribution in [-0.4, -0.2) is 31.9 Å². The summed E-state index contributed by atoms with van der Waals surface area (Å²) in [7, 11) is 0. The fraction of sp³-hybridized carbons (Fsp3) is 0.125. The van der Waals surface area contributed by atoms with E-state index in [1.165, 1.54) is 6.33 Å². The molecule has 0 atom stereocenters. The molecule has 0 unspecified atom stereocenters. The van der Waals surface area contributed by atoms with Crippen LogP contribution in [0.4, 0.5) is 5.69 Å². The van der Waals surface area contributed by atoms with E-state index in [1.54, 1.807) is 16.4 Å². The molecule has 1 aromatic heterocycles. The number of anilines is 1. The van der Waals surface area contributed by atoms with Crippen molar-refractivity contribution in [1.82, 2.24) is 20.2 Å². The fourth-order valence-electron chi connectivity index (χ4n) is 2.02. The number of halogens is 1. The average molecular weight is 360 g/mol. The van der Waals surface area contributed by atoms with Crippen LogP contribution in [0.15, 0.2) is 54.9 Å². The first-order valence-electron chi connectivity index (χ1n) is 7.16. The molecule has 0 fully saturated rings. The fourth-order valence-corrected chi connectivity index (χ4v) is 2.93. The van der Waals surface area contributed by atoms with E-state index in [0.29, 0.717) is 10.8 Å². The van der Waals surface area contributed by atoms with Crippen molar-refractivity contribution in [2.24, 2.45) is 0 Å². The predicted molar refractivity (Wildman–Crippen MR) is 95.4 cm³/mol. The number of rotatable bonds is 6. The second-order valence-electron chi connectivity index (χ2n) is 4.97. The van der Waals surface area contributed by atoms with Crippen LogP contribution in [-0.2, 0) is 10.5 Å². The lowest BCUT2D eigenvalue weighted by Gasteiger charge is -2.06. The predicted octanol–water partition coefficient (Wildman–Crippen LogP) is 3.19. The highest BCUT2D eigenvalue weighted by Gasteiger charge is 2.04. The monoisotopic (exact) mass is 359 g/mol. The van der Waals surface area contributed by atoms with E-state index in [-0.39, 0.29) is 5.91 Å².